The molecule has 32 heavy (non-hydrogen) atoms. The maximum absolute atomic E-state index is 13.1. The molecule has 1 unspecified atom stereocenters. The number of hydrogen-bond donors (Lipinski definition) is 3. The van der Waals surface area contributed by atoms with Gasteiger partial charge in [0.25, 0.3) is 11.8 Å². The van der Waals surface area contributed by atoms with E-state index in [2.05, 4.69) is 16.0 Å². The van der Waals surface area contributed by atoms with Gasteiger partial charge in [0.2, 0.25) is 11.8 Å². The largest absolute Gasteiger partial charge is 0.317 e. The molecule has 2 saturated heterocycles. The fourth-order valence-corrected chi connectivity index (χ4v) is 4.99. The fraction of sp³-hybridized carbons (Fsp3) is 0.583. The highest BCUT2D eigenvalue weighted by Gasteiger charge is 2.45. The van der Waals surface area contributed by atoms with Gasteiger partial charge in [0.15, 0.2) is 0 Å². The van der Waals surface area contributed by atoms with Crippen molar-refractivity contribution < 1.29 is 19.2 Å². The highest BCUT2D eigenvalue weighted by Crippen LogP contribution is 2.30. The number of fused-ring (bicyclic) bond motifs is 1. The number of benzene rings is 1. The van der Waals surface area contributed by atoms with E-state index in [-0.39, 0.29) is 18.7 Å². The Morgan fingerprint density at radius 1 is 0.969 bits per heavy atom. The molecule has 0 radical (unpaired) electrons. The summed E-state index contributed by atoms with van der Waals surface area (Å²) in [7, 11) is 0. The molecule has 3 heterocycles. The molecule has 4 rings (SSSR count). The minimum Gasteiger partial charge on any atom is -0.317 e. The molecule has 2 fully saturated rings. The van der Waals surface area contributed by atoms with E-state index in [9.17, 15) is 19.2 Å². The van der Waals surface area contributed by atoms with E-state index in [0.29, 0.717) is 17.7 Å². The predicted molar refractivity (Wildman–Crippen MR) is 119 cm³/mol. The van der Waals surface area contributed by atoms with Crippen LogP contribution in [0.3, 0.4) is 0 Å². The standard InChI is InChI=1S/C24H32N4O4/c29-20-9-8-19(22(30)27-20)28-23(31)18-7-4-6-17(21(18)24(28)32)15-26-12-3-1-2-5-16-10-13-25-14-11-16/h4,6-7,16,19,25-26H,1-3,5,8-15H2,(H,27,29,30). The summed E-state index contributed by atoms with van der Waals surface area (Å²) in [5.74, 6) is -0.992. The summed E-state index contributed by atoms with van der Waals surface area (Å²) < 4.78 is 0. The van der Waals surface area contributed by atoms with Gasteiger partial charge in [-0.3, -0.25) is 29.4 Å². The molecule has 8 heteroatoms. The number of amides is 4. The van der Waals surface area contributed by atoms with Gasteiger partial charge in [-0.2, -0.15) is 0 Å². The van der Waals surface area contributed by atoms with E-state index in [4.69, 9.17) is 0 Å². The van der Waals surface area contributed by atoms with E-state index < -0.39 is 23.8 Å². The van der Waals surface area contributed by atoms with Crippen molar-refractivity contribution in [1.82, 2.24) is 20.9 Å². The Bertz CT molecular complexity index is 894. The van der Waals surface area contributed by atoms with Crippen LogP contribution in [0.1, 0.15) is 77.6 Å². The van der Waals surface area contributed by atoms with Crippen molar-refractivity contribution in [2.45, 2.75) is 64.0 Å². The predicted octanol–water partition coefficient (Wildman–Crippen LogP) is 1.74. The topological polar surface area (TPSA) is 108 Å². The third kappa shape index (κ3) is 4.91. The second-order valence-electron chi connectivity index (χ2n) is 9.01. The summed E-state index contributed by atoms with van der Waals surface area (Å²) in [6.07, 6.45) is 7.69. The Kier molecular flexibility index (Phi) is 7.32. The van der Waals surface area contributed by atoms with Crippen LogP contribution < -0.4 is 16.0 Å². The highest BCUT2D eigenvalue weighted by atomic mass is 16.2. The lowest BCUT2D eigenvalue weighted by Gasteiger charge is -2.27. The normalized spacial score (nSPS) is 21.8. The Morgan fingerprint density at radius 2 is 1.78 bits per heavy atom. The number of hydrogen-bond acceptors (Lipinski definition) is 6. The van der Waals surface area contributed by atoms with Crippen LogP contribution in [0, 0.1) is 5.92 Å². The molecule has 1 atom stereocenters. The second kappa shape index (κ2) is 10.4. The van der Waals surface area contributed by atoms with Crippen LogP contribution in [-0.2, 0) is 16.1 Å². The third-order valence-electron chi connectivity index (χ3n) is 6.79. The molecule has 8 nitrogen and oxygen atoms in total. The zero-order valence-corrected chi connectivity index (χ0v) is 18.5. The smallest absolute Gasteiger partial charge is 0.262 e. The minimum atomic E-state index is -0.930. The maximum atomic E-state index is 13.1. The molecule has 3 aliphatic heterocycles. The zero-order chi connectivity index (χ0) is 22.5. The van der Waals surface area contributed by atoms with Gasteiger partial charge < -0.3 is 10.6 Å². The lowest BCUT2D eigenvalue weighted by molar-refractivity contribution is -0.136. The first kappa shape index (κ1) is 22.6. The van der Waals surface area contributed by atoms with E-state index in [1.807, 2.05) is 6.07 Å². The molecule has 3 aliphatic rings. The molecule has 0 spiro atoms. The van der Waals surface area contributed by atoms with Gasteiger partial charge >= 0.3 is 0 Å². The number of carbonyl (C=O) groups is 4. The molecule has 4 amide bonds. The number of carbonyl (C=O) groups excluding carboxylic acids is 4. The van der Waals surface area contributed by atoms with Gasteiger partial charge in [0.05, 0.1) is 11.1 Å². The van der Waals surface area contributed by atoms with Gasteiger partial charge in [-0.25, -0.2) is 0 Å². The summed E-state index contributed by atoms with van der Waals surface area (Å²) in [6.45, 7) is 3.65. The van der Waals surface area contributed by atoms with Gasteiger partial charge in [0.1, 0.15) is 6.04 Å². The maximum Gasteiger partial charge on any atom is 0.262 e. The van der Waals surface area contributed by atoms with Crippen molar-refractivity contribution >= 4 is 23.6 Å². The SMILES string of the molecule is O=C1CCC(N2C(=O)c3cccc(CNCCCCCC4CCNCC4)c3C2=O)C(=O)N1. The van der Waals surface area contributed by atoms with Gasteiger partial charge in [0, 0.05) is 13.0 Å². The second-order valence-corrected chi connectivity index (χ2v) is 9.01. The van der Waals surface area contributed by atoms with Crippen LogP contribution in [0.5, 0.6) is 0 Å². The summed E-state index contributed by atoms with van der Waals surface area (Å²) in [6, 6.07) is 4.32. The Labute approximate surface area is 188 Å². The van der Waals surface area contributed by atoms with Crippen LogP contribution in [0.4, 0.5) is 0 Å². The number of nitrogens with zero attached hydrogens (tertiary/aromatic N) is 1. The third-order valence-corrected chi connectivity index (χ3v) is 6.79. The zero-order valence-electron chi connectivity index (χ0n) is 18.5. The minimum absolute atomic E-state index is 0.121. The molecule has 0 aliphatic carbocycles. The Balaban J connectivity index is 1.28. The van der Waals surface area contributed by atoms with E-state index in [1.165, 1.54) is 32.1 Å². The number of unbranched alkanes of at least 4 members (excludes halogenated alkanes) is 2. The van der Waals surface area contributed by atoms with E-state index >= 15 is 0 Å². The first-order chi connectivity index (χ1) is 15.6. The summed E-state index contributed by atoms with van der Waals surface area (Å²) >= 11 is 0. The monoisotopic (exact) mass is 440 g/mol. The van der Waals surface area contributed by atoms with Crippen molar-refractivity contribution in [3.8, 4) is 0 Å². The average molecular weight is 441 g/mol. The molecule has 1 aromatic rings. The fourth-order valence-electron chi connectivity index (χ4n) is 4.99. The van der Waals surface area contributed by atoms with Crippen molar-refractivity contribution in [2.24, 2.45) is 5.92 Å². The van der Waals surface area contributed by atoms with Crippen LogP contribution in [0.25, 0.3) is 0 Å². The van der Waals surface area contributed by atoms with E-state index in [0.717, 1.165) is 42.4 Å². The molecule has 172 valence electrons. The van der Waals surface area contributed by atoms with Crippen LogP contribution in [0.15, 0.2) is 18.2 Å². The molecule has 0 saturated carbocycles. The quantitative estimate of drug-likeness (QED) is 0.399. The molecule has 0 aromatic heterocycles. The molecule has 1 aromatic carbocycles. The number of imide groups is 2. The summed E-state index contributed by atoms with van der Waals surface area (Å²) in [4.78, 5) is 50.6. The van der Waals surface area contributed by atoms with Crippen molar-refractivity contribution in [1.29, 1.82) is 0 Å². The summed E-state index contributed by atoms with van der Waals surface area (Å²) in [5, 5.41) is 9.03. The number of piperidine rings is 2. The van der Waals surface area contributed by atoms with Crippen molar-refractivity contribution in [3.63, 3.8) is 0 Å². The van der Waals surface area contributed by atoms with Crippen LogP contribution >= 0.6 is 0 Å². The number of rotatable bonds is 9. The molecular weight excluding hydrogens is 408 g/mol. The van der Waals surface area contributed by atoms with Gasteiger partial charge in [-0.05, 0) is 62.9 Å². The number of nitrogens with one attached hydrogen (secondary N) is 3. The van der Waals surface area contributed by atoms with Crippen molar-refractivity contribution in [2.75, 3.05) is 19.6 Å². The highest BCUT2D eigenvalue weighted by molar-refractivity contribution is 6.24. The van der Waals surface area contributed by atoms with Crippen LogP contribution in [-0.4, -0.2) is 54.2 Å². The van der Waals surface area contributed by atoms with Gasteiger partial charge in [-0.1, -0.05) is 31.4 Å². The molecule has 3 N–H and O–H groups in total. The van der Waals surface area contributed by atoms with E-state index in [1.54, 1.807) is 12.1 Å². The van der Waals surface area contributed by atoms with Gasteiger partial charge in [-0.15, -0.1) is 0 Å². The lowest BCUT2D eigenvalue weighted by atomic mass is 9.92. The Morgan fingerprint density at radius 3 is 2.56 bits per heavy atom. The molecular formula is C24H32N4O4. The molecule has 0 bridgehead atoms. The average Bonchev–Trinajstić information content (AvgIpc) is 3.05. The first-order valence-electron chi connectivity index (χ1n) is 11.8. The van der Waals surface area contributed by atoms with Crippen molar-refractivity contribution in [3.05, 3.63) is 34.9 Å². The Hall–Kier alpha value is -2.58. The summed E-state index contributed by atoms with van der Waals surface area (Å²) in [5.41, 5.74) is 1.48. The lowest BCUT2D eigenvalue weighted by Crippen LogP contribution is -2.54. The first-order valence-corrected chi connectivity index (χ1v) is 11.8. The van der Waals surface area contributed by atoms with Crippen LogP contribution in [0.2, 0.25) is 0 Å².